The summed E-state index contributed by atoms with van der Waals surface area (Å²) in [6.45, 7) is 10.8. The number of rotatable bonds is 6. The molecule has 37 heavy (non-hydrogen) atoms. The minimum atomic E-state index is -1.48. The Morgan fingerprint density at radius 1 is 1.19 bits per heavy atom. The van der Waals surface area contributed by atoms with Gasteiger partial charge in [0.15, 0.2) is 5.78 Å². The lowest BCUT2D eigenvalue weighted by molar-refractivity contribution is -0.200. The van der Waals surface area contributed by atoms with Crippen LogP contribution in [0, 0.1) is 34.5 Å². The largest absolute Gasteiger partial charge is 0.460 e. The maximum absolute atomic E-state index is 13.5. The zero-order valence-corrected chi connectivity index (χ0v) is 23.1. The van der Waals surface area contributed by atoms with Gasteiger partial charge in [-0.05, 0) is 80.8 Å². The van der Waals surface area contributed by atoms with Gasteiger partial charge >= 0.3 is 5.97 Å². The van der Waals surface area contributed by atoms with Gasteiger partial charge in [0.05, 0.1) is 29.5 Å². The van der Waals surface area contributed by atoms with Crippen molar-refractivity contribution in [2.75, 3.05) is 0 Å². The maximum Gasteiger partial charge on any atom is 0.302 e. The smallest absolute Gasteiger partial charge is 0.302 e. The van der Waals surface area contributed by atoms with E-state index in [1.54, 1.807) is 6.92 Å². The molecule has 0 radical (unpaired) electrons. The molecule has 0 amide bonds. The highest BCUT2D eigenvalue weighted by atomic mass is 16.6. The first-order chi connectivity index (χ1) is 17.0. The molecule has 5 N–H and O–H groups in total. The number of allylic oxidation sites excluding steroid dienone is 1. The van der Waals surface area contributed by atoms with Gasteiger partial charge in [-0.1, -0.05) is 27.7 Å². The highest BCUT2D eigenvalue weighted by Gasteiger charge is 2.71. The van der Waals surface area contributed by atoms with E-state index in [4.69, 9.17) is 4.74 Å². The van der Waals surface area contributed by atoms with E-state index in [0.717, 1.165) is 6.42 Å². The Balaban J connectivity index is 1.72. The van der Waals surface area contributed by atoms with Crippen LogP contribution in [0.25, 0.3) is 0 Å². The van der Waals surface area contributed by atoms with Gasteiger partial charge < -0.3 is 30.3 Å². The Labute approximate surface area is 220 Å². The van der Waals surface area contributed by atoms with Gasteiger partial charge in [-0.25, -0.2) is 0 Å². The number of esters is 1. The minimum absolute atomic E-state index is 0.120. The standard InChI is InChI=1S/C29H46O8/c1-15(2)7-8-24(34)28(6,35)23-9-10-29(36)18-12-19(31)17-11-20(32)22(37-16(3)30)14-26(17,4)25(18)21(33)13-27(23,29)5/h12,15,17,20-25,32-36H,7-11,13-14H2,1-6H3/t17-,20+,21+,22-,23-,24+,25+,26-,27+,28+,29+/m0/s1. The van der Waals surface area contributed by atoms with Gasteiger partial charge in [0, 0.05) is 24.2 Å². The van der Waals surface area contributed by atoms with Crippen molar-refractivity contribution in [2.24, 2.45) is 34.5 Å². The van der Waals surface area contributed by atoms with Crippen molar-refractivity contribution in [2.45, 2.75) is 122 Å². The van der Waals surface area contributed by atoms with Crippen molar-refractivity contribution in [3.63, 3.8) is 0 Å². The molecule has 0 bridgehead atoms. The Morgan fingerprint density at radius 3 is 2.43 bits per heavy atom. The third-order valence-electron chi connectivity index (χ3n) is 10.7. The van der Waals surface area contributed by atoms with Crippen molar-refractivity contribution in [1.82, 2.24) is 0 Å². The third-order valence-corrected chi connectivity index (χ3v) is 10.7. The Bertz CT molecular complexity index is 958. The fraction of sp³-hybridized carbons (Fsp3) is 0.862. The van der Waals surface area contributed by atoms with Crippen LogP contribution in [0.15, 0.2) is 11.6 Å². The molecule has 4 aliphatic carbocycles. The van der Waals surface area contributed by atoms with Crippen LogP contribution in [0.5, 0.6) is 0 Å². The molecule has 0 unspecified atom stereocenters. The zero-order chi connectivity index (χ0) is 27.7. The average Bonchev–Trinajstić information content (AvgIpc) is 3.04. The van der Waals surface area contributed by atoms with Crippen LogP contribution >= 0.6 is 0 Å². The number of aliphatic hydroxyl groups is 5. The predicted molar refractivity (Wildman–Crippen MR) is 136 cm³/mol. The fourth-order valence-electron chi connectivity index (χ4n) is 8.75. The molecule has 4 rings (SSSR count). The van der Waals surface area contributed by atoms with E-state index in [2.05, 4.69) is 13.8 Å². The minimum Gasteiger partial charge on any atom is -0.460 e. The summed E-state index contributed by atoms with van der Waals surface area (Å²) in [5, 5.41) is 57.3. The monoisotopic (exact) mass is 522 g/mol. The molecule has 0 saturated heterocycles. The molecular weight excluding hydrogens is 476 g/mol. The number of aliphatic hydroxyl groups excluding tert-OH is 3. The first-order valence-electron chi connectivity index (χ1n) is 13.9. The second-order valence-corrected chi connectivity index (χ2v) is 13.5. The van der Waals surface area contributed by atoms with Gasteiger partial charge in [0.1, 0.15) is 6.10 Å². The van der Waals surface area contributed by atoms with E-state index in [9.17, 15) is 35.1 Å². The highest BCUT2D eigenvalue weighted by Crippen LogP contribution is 2.68. The van der Waals surface area contributed by atoms with Crippen LogP contribution in [0.2, 0.25) is 0 Å². The summed E-state index contributed by atoms with van der Waals surface area (Å²) in [5.74, 6) is -1.97. The van der Waals surface area contributed by atoms with Crippen molar-refractivity contribution in [1.29, 1.82) is 0 Å². The molecule has 11 atom stereocenters. The zero-order valence-electron chi connectivity index (χ0n) is 23.1. The number of hydrogen-bond donors (Lipinski definition) is 5. The quantitative estimate of drug-likeness (QED) is 0.334. The van der Waals surface area contributed by atoms with Crippen molar-refractivity contribution in [3.05, 3.63) is 11.6 Å². The van der Waals surface area contributed by atoms with Crippen molar-refractivity contribution < 1.29 is 39.9 Å². The molecule has 0 aromatic carbocycles. The molecule has 8 nitrogen and oxygen atoms in total. The number of fused-ring (bicyclic) bond motifs is 5. The Hall–Kier alpha value is -1.32. The van der Waals surface area contributed by atoms with Crippen LogP contribution in [0.3, 0.4) is 0 Å². The van der Waals surface area contributed by atoms with Gasteiger partial charge in [0.2, 0.25) is 0 Å². The summed E-state index contributed by atoms with van der Waals surface area (Å²) in [6.07, 6.45) is 0.244. The van der Waals surface area contributed by atoms with E-state index in [1.165, 1.54) is 13.0 Å². The molecule has 210 valence electrons. The van der Waals surface area contributed by atoms with E-state index in [-0.39, 0.29) is 25.0 Å². The topological polar surface area (TPSA) is 145 Å². The second kappa shape index (κ2) is 9.40. The third kappa shape index (κ3) is 4.31. The number of carbonyl (C=O) groups is 2. The van der Waals surface area contributed by atoms with E-state index >= 15 is 0 Å². The molecule has 8 heteroatoms. The summed E-state index contributed by atoms with van der Waals surface area (Å²) < 4.78 is 5.40. The molecule has 0 heterocycles. The Kier molecular flexibility index (Phi) is 7.29. The van der Waals surface area contributed by atoms with Crippen molar-refractivity contribution in [3.8, 4) is 0 Å². The fourth-order valence-corrected chi connectivity index (χ4v) is 8.75. The molecular formula is C29H46O8. The first kappa shape index (κ1) is 28.7. The van der Waals surface area contributed by atoms with Gasteiger partial charge in [-0.15, -0.1) is 0 Å². The average molecular weight is 523 g/mol. The number of hydrogen-bond acceptors (Lipinski definition) is 8. The van der Waals surface area contributed by atoms with Crippen LogP contribution in [-0.2, 0) is 14.3 Å². The molecule has 0 aromatic rings. The molecule has 0 aromatic heterocycles. The van der Waals surface area contributed by atoms with Crippen LogP contribution in [0.1, 0.15) is 86.5 Å². The lowest BCUT2D eigenvalue weighted by Gasteiger charge is -2.62. The van der Waals surface area contributed by atoms with Crippen LogP contribution in [-0.4, -0.2) is 72.9 Å². The summed E-state index contributed by atoms with van der Waals surface area (Å²) in [5.41, 5.74) is -4.24. The van der Waals surface area contributed by atoms with E-state index < -0.39 is 70.2 Å². The van der Waals surface area contributed by atoms with Crippen LogP contribution in [0.4, 0.5) is 0 Å². The first-order valence-corrected chi connectivity index (χ1v) is 13.9. The molecule has 0 spiro atoms. The van der Waals surface area contributed by atoms with E-state index in [1.807, 2.05) is 13.8 Å². The second-order valence-electron chi connectivity index (χ2n) is 13.5. The lowest BCUT2D eigenvalue weighted by Crippen LogP contribution is -2.66. The van der Waals surface area contributed by atoms with Gasteiger partial charge in [0.25, 0.3) is 0 Å². The predicted octanol–water partition coefficient (Wildman–Crippen LogP) is 2.28. The summed E-state index contributed by atoms with van der Waals surface area (Å²) >= 11 is 0. The summed E-state index contributed by atoms with van der Waals surface area (Å²) in [7, 11) is 0. The Morgan fingerprint density at radius 2 is 1.84 bits per heavy atom. The number of ketones is 1. The van der Waals surface area contributed by atoms with Gasteiger partial charge in [-0.2, -0.15) is 0 Å². The van der Waals surface area contributed by atoms with Crippen molar-refractivity contribution >= 4 is 11.8 Å². The lowest BCUT2D eigenvalue weighted by atomic mass is 9.44. The maximum atomic E-state index is 13.5. The molecule has 3 saturated carbocycles. The molecule has 3 fully saturated rings. The summed E-state index contributed by atoms with van der Waals surface area (Å²) in [4.78, 5) is 25.2. The number of ether oxygens (including phenoxy) is 1. The summed E-state index contributed by atoms with van der Waals surface area (Å²) in [6, 6.07) is 0. The molecule has 4 aliphatic rings. The number of carbonyl (C=O) groups excluding carboxylic acids is 2. The SMILES string of the molecule is CC(=O)O[C@H]1C[C@]2(C)[C@@H]3C(=CC(=O)[C@@H]2C[C@H]1O)[C@]1(O)CC[C@H]([C@@](C)(O)[C@H](O)CCC(C)C)[C@@]1(C)C[C@H]3O. The van der Waals surface area contributed by atoms with Crippen LogP contribution < -0.4 is 0 Å². The normalized spacial score (nSPS) is 45.8. The molecule has 0 aliphatic heterocycles. The van der Waals surface area contributed by atoms with Gasteiger partial charge in [-0.3, -0.25) is 9.59 Å². The highest BCUT2D eigenvalue weighted by molar-refractivity contribution is 5.95. The van der Waals surface area contributed by atoms with E-state index in [0.29, 0.717) is 30.8 Å².